The molecule has 5 rings (SSSR count). The quantitative estimate of drug-likeness (QED) is 0.451. The van der Waals surface area contributed by atoms with E-state index in [1.54, 1.807) is 18.7 Å². The molecule has 1 aromatic heterocycles. The second-order valence-electron chi connectivity index (χ2n) is 10.3. The lowest BCUT2D eigenvalue weighted by Crippen LogP contribution is -2.53. The molecule has 0 aliphatic carbocycles. The minimum atomic E-state index is -4.81. The molecule has 0 unspecified atom stereocenters. The molecule has 2 aliphatic rings. The van der Waals surface area contributed by atoms with Gasteiger partial charge in [0.2, 0.25) is 5.91 Å². The molecule has 0 radical (unpaired) electrons. The molecule has 1 N–H and O–H groups in total. The van der Waals surface area contributed by atoms with Crippen molar-refractivity contribution < 1.29 is 22.4 Å². The van der Waals surface area contributed by atoms with Crippen LogP contribution in [0.3, 0.4) is 0 Å². The van der Waals surface area contributed by atoms with Gasteiger partial charge >= 0.3 is 6.18 Å². The summed E-state index contributed by atoms with van der Waals surface area (Å²) in [6, 6.07) is 10.1. The molecule has 1 fully saturated rings. The number of fused-ring (bicyclic) bond motifs is 2. The van der Waals surface area contributed by atoms with Crippen molar-refractivity contribution in [2.75, 3.05) is 30.4 Å². The van der Waals surface area contributed by atoms with Gasteiger partial charge in [-0.2, -0.15) is 13.2 Å². The summed E-state index contributed by atoms with van der Waals surface area (Å²) >= 11 is 0. The fraction of sp³-hybridized carbons (Fsp3) is 0.393. The number of carbonyl (C=O) groups is 1. The highest BCUT2D eigenvalue weighted by atomic mass is 19.4. The van der Waals surface area contributed by atoms with Gasteiger partial charge in [-0.1, -0.05) is 29.8 Å². The van der Waals surface area contributed by atoms with Crippen LogP contribution in [0.1, 0.15) is 53.2 Å². The van der Waals surface area contributed by atoms with Gasteiger partial charge in [0.25, 0.3) is 0 Å². The average molecular weight is 528 g/mol. The number of anilines is 2. The molecule has 3 heterocycles. The summed E-state index contributed by atoms with van der Waals surface area (Å²) in [5.74, 6) is -0.548. The molecular weight excluding hydrogens is 498 g/mol. The molecule has 0 bridgehead atoms. The van der Waals surface area contributed by atoms with Crippen LogP contribution in [0.2, 0.25) is 0 Å². The van der Waals surface area contributed by atoms with Gasteiger partial charge in [-0.15, -0.1) is 0 Å². The number of halogens is 4. The van der Waals surface area contributed by atoms with E-state index in [1.165, 1.54) is 12.1 Å². The monoisotopic (exact) mass is 527 g/mol. The highest BCUT2D eigenvalue weighted by Gasteiger charge is 2.53. The van der Waals surface area contributed by atoms with Crippen LogP contribution in [0.15, 0.2) is 42.5 Å². The summed E-state index contributed by atoms with van der Waals surface area (Å²) in [4.78, 5) is 27.2. The van der Waals surface area contributed by atoms with Crippen molar-refractivity contribution >= 4 is 17.4 Å². The Morgan fingerprint density at radius 1 is 1.08 bits per heavy atom. The Bertz CT molecular complexity index is 1390. The molecule has 1 amide bonds. The topological polar surface area (TPSA) is 61.4 Å². The normalized spacial score (nSPS) is 20.6. The number of amides is 1. The maximum Gasteiger partial charge on any atom is 0.419 e. The van der Waals surface area contributed by atoms with Gasteiger partial charge in [-0.05, 0) is 59.0 Å². The molecule has 1 saturated heterocycles. The molecule has 2 aliphatic heterocycles. The fourth-order valence-electron chi connectivity index (χ4n) is 5.54. The van der Waals surface area contributed by atoms with Gasteiger partial charge in [0.15, 0.2) is 0 Å². The number of rotatable bonds is 4. The largest absolute Gasteiger partial charge is 0.419 e. The van der Waals surface area contributed by atoms with E-state index in [9.17, 15) is 22.4 Å². The number of likely N-dealkylation sites (tertiary alicyclic amines) is 1. The van der Waals surface area contributed by atoms with Crippen LogP contribution in [0.4, 0.5) is 29.1 Å². The lowest BCUT2D eigenvalue weighted by Gasteiger charge is -2.41. The maximum absolute atomic E-state index is 14.9. The second-order valence-corrected chi connectivity index (χ2v) is 10.3. The first-order chi connectivity index (χ1) is 17.9. The maximum atomic E-state index is 14.9. The van der Waals surface area contributed by atoms with Crippen LogP contribution in [-0.2, 0) is 22.9 Å². The zero-order valence-electron chi connectivity index (χ0n) is 21.7. The Labute approximate surface area is 218 Å². The van der Waals surface area contributed by atoms with E-state index >= 15 is 0 Å². The molecule has 6 nitrogen and oxygen atoms in total. The summed E-state index contributed by atoms with van der Waals surface area (Å²) in [6.45, 7) is 6.65. The van der Waals surface area contributed by atoms with E-state index in [-0.39, 0.29) is 18.0 Å². The fourth-order valence-corrected chi connectivity index (χ4v) is 5.54. The number of nitrogens with zero attached hydrogens (tertiary/aromatic N) is 4. The van der Waals surface area contributed by atoms with Crippen molar-refractivity contribution in [2.24, 2.45) is 0 Å². The summed E-state index contributed by atoms with van der Waals surface area (Å²) in [7, 11) is 1.96. The van der Waals surface area contributed by atoms with E-state index in [4.69, 9.17) is 4.98 Å². The number of alkyl halides is 3. The summed E-state index contributed by atoms with van der Waals surface area (Å²) in [6.07, 6.45) is -4.23. The molecule has 1 spiro atoms. The Morgan fingerprint density at radius 3 is 2.42 bits per heavy atom. The van der Waals surface area contributed by atoms with Crippen molar-refractivity contribution in [3.05, 3.63) is 82.1 Å². The summed E-state index contributed by atoms with van der Waals surface area (Å²) in [5.41, 5.74) is 0.793. The van der Waals surface area contributed by atoms with Crippen LogP contribution in [0, 0.1) is 19.7 Å². The van der Waals surface area contributed by atoms with Crippen molar-refractivity contribution in [1.29, 1.82) is 0 Å². The molecule has 0 saturated carbocycles. The molecule has 38 heavy (non-hydrogen) atoms. The highest BCUT2D eigenvalue weighted by molar-refractivity contribution is 6.03. The molecule has 10 heteroatoms. The van der Waals surface area contributed by atoms with E-state index in [2.05, 4.69) is 15.2 Å². The lowest BCUT2D eigenvalue weighted by molar-refractivity contribution is -0.140. The number of aromatic nitrogens is 2. The highest BCUT2D eigenvalue weighted by Crippen LogP contribution is 2.44. The molecule has 3 aromatic rings. The van der Waals surface area contributed by atoms with E-state index in [0.717, 1.165) is 17.3 Å². The minimum absolute atomic E-state index is 0.0424. The van der Waals surface area contributed by atoms with Crippen molar-refractivity contribution in [2.45, 2.75) is 51.4 Å². The van der Waals surface area contributed by atoms with Gasteiger partial charge in [-0.3, -0.25) is 4.79 Å². The summed E-state index contributed by atoms with van der Waals surface area (Å²) in [5, 5.41) is 3.15. The first-order valence-corrected chi connectivity index (χ1v) is 12.5. The first-order valence-electron chi connectivity index (χ1n) is 12.5. The van der Waals surface area contributed by atoms with Crippen molar-refractivity contribution in [1.82, 2.24) is 14.9 Å². The number of carbonyl (C=O) groups excluding carboxylic acids is 1. The molecule has 2 atom stereocenters. The van der Waals surface area contributed by atoms with Gasteiger partial charge in [-0.25, -0.2) is 14.4 Å². The predicted molar refractivity (Wildman–Crippen MR) is 136 cm³/mol. The number of hydrogen-bond acceptors (Lipinski definition) is 5. The zero-order chi connectivity index (χ0) is 27.4. The average Bonchev–Trinajstić information content (AvgIpc) is 3.24. The van der Waals surface area contributed by atoms with Crippen LogP contribution in [-0.4, -0.2) is 40.9 Å². The van der Waals surface area contributed by atoms with Crippen molar-refractivity contribution in [3.8, 4) is 0 Å². The smallest absolute Gasteiger partial charge is 0.363 e. The Kier molecular flexibility index (Phi) is 6.41. The third-order valence-corrected chi connectivity index (χ3v) is 7.50. The van der Waals surface area contributed by atoms with Crippen LogP contribution in [0.5, 0.6) is 0 Å². The minimum Gasteiger partial charge on any atom is -0.363 e. The lowest BCUT2D eigenvalue weighted by atomic mass is 9.76. The van der Waals surface area contributed by atoms with E-state index in [0.29, 0.717) is 42.4 Å². The first kappa shape index (κ1) is 26.1. The van der Waals surface area contributed by atoms with Gasteiger partial charge < -0.3 is 15.1 Å². The van der Waals surface area contributed by atoms with Gasteiger partial charge in [0.1, 0.15) is 22.9 Å². The third-order valence-electron chi connectivity index (χ3n) is 7.50. The van der Waals surface area contributed by atoms with Crippen LogP contribution in [0.25, 0.3) is 0 Å². The standard InChI is InChI=1S/C28H29F4N5O/c1-16-8-10-19(11-9-16)37-14-21-24(27(26(37)38)12-13-36(4)15-27)34-18(3)35-25(21)33-17(2)20-6-5-7-22(23(20)29)28(30,31)32/h5-11,17H,12-15H2,1-4H3,(H,33,34,35)/t17-,27+/m1/s1. The Balaban J connectivity index is 1.60. The Morgan fingerprint density at radius 2 is 1.79 bits per heavy atom. The van der Waals surface area contributed by atoms with Crippen LogP contribution < -0.4 is 10.2 Å². The zero-order valence-corrected chi connectivity index (χ0v) is 21.7. The van der Waals surface area contributed by atoms with Gasteiger partial charge in [0, 0.05) is 23.4 Å². The second kappa shape index (κ2) is 9.34. The van der Waals surface area contributed by atoms with Crippen molar-refractivity contribution in [3.63, 3.8) is 0 Å². The molecular formula is C28H29F4N5O. The molecule has 200 valence electrons. The number of benzene rings is 2. The predicted octanol–water partition coefficient (Wildman–Crippen LogP) is 5.54. The third kappa shape index (κ3) is 4.40. The van der Waals surface area contributed by atoms with E-state index < -0.39 is 29.0 Å². The number of likely N-dealkylation sites (N-methyl/N-ethyl adjacent to an activating group) is 1. The Hall–Kier alpha value is -3.53. The number of nitrogens with one attached hydrogen (secondary N) is 1. The van der Waals surface area contributed by atoms with E-state index in [1.807, 2.05) is 38.2 Å². The van der Waals surface area contributed by atoms with Crippen LogP contribution >= 0.6 is 0 Å². The molecule has 2 aromatic carbocycles. The number of aryl methyl sites for hydroxylation is 2. The van der Waals surface area contributed by atoms with Gasteiger partial charge in [0.05, 0.1) is 23.8 Å². The SMILES string of the molecule is Cc1ccc(N2Cc3c(N[C@H](C)c4cccc(C(F)(F)F)c4F)nc(C)nc3[C@@]3(CCN(C)C3)C2=O)cc1. The number of hydrogen-bond donors (Lipinski definition) is 1. The summed E-state index contributed by atoms with van der Waals surface area (Å²) < 4.78 is 55.0.